The quantitative estimate of drug-likeness (QED) is 0.601. The van der Waals surface area contributed by atoms with Gasteiger partial charge in [-0.15, -0.1) is 11.8 Å². The number of benzene rings is 2. The Balaban J connectivity index is 1.65. The van der Waals surface area contributed by atoms with Gasteiger partial charge in [-0.2, -0.15) is 5.26 Å². The number of nitriles is 1. The van der Waals surface area contributed by atoms with Crippen molar-refractivity contribution in [3.8, 4) is 17.6 Å². The molecule has 1 fully saturated rings. The average molecular weight is 409 g/mol. The molecule has 0 bridgehead atoms. The number of rotatable bonds is 8. The Kier molecular flexibility index (Phi) is 7.60. The highest BCUT2D eigenvalue weighted by Crippen LogP contribution is 2.38. The Labute approximate surface area is 175 Å². The number of amides is 1. The summed E-state index contributed by atoms with van der Waals surface area (Å²) in [5, 5.41) is 12.3. The summed E-state index contributed by atoms with van der Waals surface area (Å²) < 4.78 is 10.6. The van der Waals surface area contributed by atoms with Crippen molar-refractivity contribution in [3.63, 3.8) is 0 Å². The minimum Gasteiger partial charge on any atom is -0.493 e. The molecule has 0 unspecified atom stereocenters. The number of carbonyl (C=O) groups is 1. The molecule has 1 N–H and O–H groups in total. The molecule has 0 heterocycles. The maximum Gasteiger partial charge on any atom is 0.248 e. The Morgan fingerprint density at radius 2 is 2.03 bits per heavy atom. The first-order valence-electron chi connectivity index (χ1n) is 9.62. The van der Waals surface area contributed by atoms with Gasteiger partial charge in [0.15, 0.2) is 18.1 Å². The lowest BCUT2D eigenvalue weighted by Gasteiger charge is -2.13. The van der Waals surface area contributed by atoms with Crippen LogP contribution >= 0.6 is 11.8 Å². The highest BCUT2D eigenvalue weighted by Gasteiger charge is 2.17. The first kappa shape index (κ1) is 20.8. The van der Waals surface area contributed by atoms with Crippen molar-refractivity contribution in [2.45, 2.75) is 35.8 Å². The maximum atomic E-state index is 12.4. The summed E-state index contributed by atoms with van der Waals surface area (Å²) in [6, 6.07) is 15.2. The predicted octanol–water partition coefficient (Wildman–Crippen LogP) is 5.28. The highest BCUT2D eigenvalue weighted by atomic mass is 32.2. The van der Waals surface area contributed by atoms with Gasteiger partial charge in [0.1, 0.15) is 6.07 Å². The summed E-state index contributed by atoms with van der Waals surface area (Å²) in [7, 11) is 1.54. The monoisotopic (exact) mass is 408 g/mol. The van der Waals surface area contributed by atoms with Crippen LogP contribution in [0.2, 0.25) is 0 Å². The van der Waals surface area contributed by atoms with Gasteiger partial charge in [-0.1, -0.05) is 31.0 Å². The van der Waals surface area contributed by atoms with Crippen molar-refractivity contribution < 1.29 is 14.3 Å². The van der Waals surface area contributed by atoms with E-state index >= 15 is 0 Å². The van der Waals surface area contributed by atoms with E-state index in [1.807, 2.05) is 42.1 Å². The summed E-state index contributed by atoms with van der Waals surface area (Å²) in [6.45, 7) is -0.0494. The van der Waals surface area contributed by atoms with Crippen LogP contribution in [0.15, 0.2) is 53.4 Å². The maximum absolute atomic E-state index is 12.4. The molecule has 2 aromatic rings. The van der Waals surface area contributed by atoms with E-state index in [0.29, 0.717) is 16.7 Å². The minimum atomic E-state index is -0.187. The number of hydrogen-bond donors (Lipinski definition) is 1. The number of thioether (sulfide) groups is 1. The molecule has 29 heavy (non-hydrogen) atoms. The van der Waals surface area contributed by atoms with Crippen molar-refractivity contribution in [2.24, 2.45) is 0 Å². The lowest BCUT2D eigenvalue weighted by Crippen LogP contribution is -2.09. The standard InChI is InChI=1S/C23H24N2O3S/c1-27-21-16-17(10-12-20(21)28-15-14-24)11-13-23(26)25-19-8-4-5-9-22(19)29-18-6-2-3-7-18/h4-5,8-13,16,18H,2-3,6-7,15H2,1H3,(H,25,26)/b13-11+. The second-order valence-electron chi connectivity index (χ2n) is 6.70. The highest BCUT2D eigenvalue weighted by molar-refractivity contribution is 8.00. The molecule has 0 radical (unpaired) electrons. The van der Waals surface area contributed by atoms with Gasteiger partial charge < -0.3 is 14.8 Å². The molecule has 2 aromatic carbocycles. The van der Waals surface area contributed by atoms with E-state index in [1.54, 1.807) is 18.2 Å². The van der Waals surface area contributed by atoms with Gasteiger partial charge in [0, 0.05) is 16.2 Å². The van der Waals surface area contributed by atoms with Gasteiger partial charge in [0.2, 0.25) is 5.91 Å². The molecule has 1 amide bonds. The summed E-state index contributed by atoms with van der Waals surface area (Å²) in [5.41, 5.74) is 1.65. The number of nitrogens with one attached hydrogen (secondary N) is 1. The number of para-hydroxylation sites is 1. The molecule has 1 saturated carbocycles. The third-order valence-electron chi connectivity index (χ3n) is 4.65. The summed E-state index contributed by atoms with van der Waals surface area (Å²) in [5.74, 6) is 0.822. The number of anilines is 1. The van der Waals surface area contributed by atoms with Crippen LogP contribution in [0.25, 0.3) is 6.08 Å². The second-order valence-corrected chi connectivity index (χ2v) is 8.04. The van der Waals surface area contributed by atoms with Crippen LogP contribution in [0, 0.1) is 11.3 Å². The summed E-state index contributed by atoms with van der Waals surface area (Å²) in [6.07, 6.45) is 8.28. The predicted molar refractivity (Wildman–Crippen MR) is 116 cm³/mol. The van der Waals surface area contributed by atoms with Crippen molar-refractivity contribution in [3.05, 3.63) is 54.1 Å². The van der Waals surface area contributed by atoms with Crippen LogP contribution in [0.4, 0.5) is 5.69 Å². The van der Waals surface area contributed by atoms with E-state index in [0.717, 1.165) is 16.1 Å². The largest absolute Gasteiger partial charge is 0.493 e. The number of methoxy groups -OCH3 is 1. The van der Waals surface area contributed by atoms with E-state index in [4.69, 9.17) is 14.7 Å². The van der Waals surface area contributed by atoms with Crippen LogP contribution in [0.1, 0.15) is 31.2 Å². The Morgan fingerprint density at radius 3 is 2.79 bits per heavy atom. The fraction of sp³-hybridized carbons (Fsp3) is 0.304. The van der Waals surface area contributed by atoms with Crippen molar-refractivity contribution in [1.29, 1.82) is 5.26 Å². The van der Waals surface area contributed by atoms with Crippen molar-refractivity contribution in [1.82, 2.24) is 0 Å². The van der Waals surface area contributed by atoms with Crippen LogP contribution in [-0.2, 0) is 4.79 Å². The van der Waals surface area contributed by atoms with Gasteiger partial charge in [-0.3, -0.25) is 4.79 Å². The number of hydrogen-bond acceptors (Lipinski definition) is 5. The van der Waals surface area contributed by atoms with Gasteiger partial charge in [-0.05, 0) is 48.7 Å². The summed E-state index contributed by atoms with van der Waals surface area (Å²) >= 11 is 1.86. The van der Waals surface area contributed by atoms with Crippen molar-refractivity contribution >= 4 is 29.4 Å². The van der Waals surface area contributed by atoms with Gasteiger partial charge in [-0.25, -0.2) is 0 Å². The molecule has 0 spiro atoms. The molecule has 6 heteroatoms. The smallest absolute Gasteiger partial charge is 0.248 e. The third-order valence-corrected chi connectivity index (χ3v) is 6.06. The molecular formula is C23H24N2O3S. The van der Waals surface area contributed by atoms with Crippen LogP contribution < -0.4 is 14.8 Å². The van der Waals surface area contributed by atoms with Crippen molar-refractivity contribution in [2.75, 3.05) is 19.0 Å². The van der Waals surface area contributed by atoms with E-state index in [1.165, 1.54) is 38.9 Å². The van der Waals surface area contributed by atoms with Gasteiger partial charge >= 0.3 is 0 Å². The van der Waals surface area contributed by atoms with E-state index in [2.05, 4.69) is 11.4 Å². The first-order chi connectivity index (χ1) is 14.2. The molecular weight excluding hydrogens is 384 g/mol. The Hall–Kier alpha value is -2.91. The van der Waals surface area contributed by atoms with Gasteiger partial charge in [0.05, 0.1) is 12.8 Å². The van der Waals surface area contributed by atoms with Gasteiger partial charge in [0.25, 0.3) is 0 Å². The zero-order chi connectivity index (χ0) is 20.5. The molecule has 1 aliphatic rings. The third kappa shape index (κ3) is 6.03. The zero-order valence-corrected chi connectivity index (χ0v) is 17.2. The van der Waals surface area contributed by atoms with Crippen LogP contribution in [0.5, 0.6) is 11.5 Å². The second kappa shape index (κ2) is 10.6. The molecule has 3 rings (SSSR count). The van der Waals surface area contributed by atoms with Crippen LogP contribution in [0.3, 0.4) is 0 Å². The number of carbonyl (C=O) groups excluding carboxylic acids is 1. The molecule has 150 valence electrons. The molecule has 0 saturated heterocycles. The number of nitrogens with zero attached hydrogens (tertiary/aromatic N) is 1. The SMILES string of the molecule is COc1cc(/C=C/C(=O)Nc2ccccc2SC2CCCC2)ccc1OCC#N. The molecule has 1 aliphatic carbocycles. The minimum absolute atomic E-state index is 0.0494. The Morgan fingerprint density at radius 1 is 1.24 bits per heavy atom. The fourth-order valence-corrected chi connectivity index (χ4v) is 4.55. The van der Waals surface area contributed by atoms with Crippen LogP contribution in [-0.4, -0.2) is 24.9 Å². The normalized spacial score (nSPS) is 13.9. The molecule has 0 atom stereocenters. The molecule has 0 aromatic heterocycles. The fourth-order valence-electron chi connectivity index (χ4n) is 3.22. The zero-order valence-electron chi connectivity index (χ0n) is 16.4. The van der Waals surface area contributed by atoms with E-state index < -0.39 is 0 Å². The first-order valence-corrected chi connectivity index (χ1v) is 10.5. The average Bonchev–Trinajstić information content (AvgIpc) is 3.25. The van der Waals surface area contributed by atoms with E-state index in [9.17, 15) is 4.79 Å². The topological polar surface area (TPSA) is 71.3 Å². The van der Waals surface area contributed by atoms with E-state index in [-0.39, 0.29) is 12.5 Å². The number of ether oxygens (including phenoxy) is 2. The molecule has 5 nitrogen and oxygen atoms in total. The molecule has 0 aliphatic heterocycles. The lowest BCUT2D eigenvalue weighted by molar-refractivity contribution is -0.111. The Bertz CT molecular complexity index is 915. The lowest BCUT2D eigenvalue weighted by atomic mass is 10.2. The summed E-state index contributed by atoms with van der Waals surface area (Å²) in [4.78, 5) is 13.6.